The fraction of sp³-hybridized carbons (Fsp3) is 0.435. The summed E-state index contributed by atoms with van der Waals surface area (Å²) in [5.41, 5.74) is 1.39. The summed E-state index contributed by atoms with van der Waals surface area (Å²) in [7, 11) is -3.46. The number of hydrogen-bond donors (Lipinski definition) is 2. The molecule has 2 aliphatic rings. The second kappa shape index (κ2) is 9.48. The molecule has 0 aliphatic carbocycles. The molecule has 2 heterocycles. The lowest BCUT2D eigenvalue weighted by atomic mass is 10.2. The maximum atomic E-state index is 12.8. The Morgan fingerprint density at radius 3 is 2.19 bits per heavy atom. The molecule has 0 aromatic heterocycles. The van der Waals surface area contributed by atoms with E-state index in [1.54, 1.807) is 36.4 Å². The number of sulfonamides is 1. The molecule has 9 heteroatoms. The van der Waals surface area contributed by atoms with E-state index in [-0.39, 0.29) is 22.6 Å². The average molecular weight is 459 g/mol. The first-order valence-electron chi connectivity index (χ1n) is 11.0. The highest BCUT2D eigenvalue weighted by atomic mass is 32.2. The molecule has 0 bridgehead atoms. The molecule has 4 rings (SSSR count). The van der Waals surface area contributed by atoms with Gasteiger partial charge in [-0.3, -0.25) is 9.69 Å². The minimum absolute atomic E-state index is 0.129. The van der Waals surface area contributed by atoms with Gasteiger partial charge in [0.25, 0.3) is 0 Å². The summed E-state index contributed by atoms with van der Waals surface area (Å²) in [6, 6.07) is 13.4. The van der Waals surface area contributed by atoms with Gasteiger partial charge >= 0.3 is 0 Å². The molecule has 8 nitrogen and oxygen atoms in total. The molecule has 2 saturated heterocycles. The van der Waals surface area contributed by atoms with Crippen molar-refractivity contribution in [3.05, 3.63) is 48.5 Å². The van der Waals surface area contributed by atoms with E-state index in [0.29, 0.717) is 31.9 Å². The molecule has 0 radical (unpaired) electrons. The minimum Gasteiger partial charge on any atom is -0.506 e. The number of nitrogens with zero attached hydrogens (tertiary/aromatic N) is 3. The fourth-order valence-corrected chi connectivity index (χ4v) is 5.80. The number of amides is 1. The second-order valence-electron chi connectivity index (χ2n) is 8.31. The highest BCUT2D eigenvalue weighted by Crippen LogP contribution is 2.27. The zero-order valence-corrected chi connectivity index (χ0v) is 19.1. The third-order valence-corrected chi connectivity index (χ3v) is 8.20. The lowest BCUT2D eigenvalue weighted by molar-refractivity contribution is -0.120. The van der Waals surface area contributed by atoms with Crippen LogP contribution in [0.5, 0.6) is 5.75 Å². The van der Waals surface area contributed by atoms with Crippen molar-refractivity contribution in [3.63, 3.8) is 0 Å². The zero-order valence-electron chi connectivity index (χ0n) is 18.3. The van der Waals surface area contributed by atoms with E-state index >= 15 is 0 Å². The van der Waals surface area contributed by atoms with E-state index in [4.69, 9.17) is 0 Å². The van der Waals surface area contributed by atoms with Crippen LogP contribution in [0.25, 0.3) is 0 Å². The van der Waals surface area contributed by atoms with Gasteiger partial charge in [0.2, 0.25) is 15.9 Å². The van der Waals surface area contributed by atoms with Gasteiger partial charge in [-0.15, -0.1) is 0 Å². The van der Waals surface area contributed by atoms with Crippen LogP contribution in [0.3, 0.4) is 0 Å². The minimum atomic E-state index is -3.46. The molecule has 32 heavy (non-hydrogen) atoms. The third-order valence-electron chi connectivity index (χ3n) is 6.29. The number of anilines is 2. The number of carbonyl (C=O) groups is 1. The topological polar surface area (TPSA) is 93.2 Å². The SMILES string of the molecule is C[C@H](C(=O)Nc1ccc(S(=O)(=O)N2CCCC2)cc1)N1CCN(c2ccccc2O)CC1. The Labute approximate surface area is 189 Å². The number of carbonyl (C=O) groups excluding carboxylic acids is 1. The van der Waals surface area contributed by atoms with Gasteiger partial charge in [-0.05, 0) is 56.2 Å². The van der Waals surface area contributed by atoms with Crippen molar-refractivity contribution in [1.29, 1.82) is 0 Å². The third kappa shape index (κ3) is 4.74. The van der Waals surface area contributed by atoms with E-state index in [0.717, 1.165) is 31.6 Å². The van der Waals surface area contributed by atoms with Crippen LogP contribution in [0, 0.1) is 0 Å². The summed E-state index contributed by atoms with van der Waals surface area (Å²) >= 11 is 0. The Hall–Kier alpha value is -2.62. The Morgan fingerprint density at radius 1 is 0.938 bits per heavy atom. The van der Waals surface area contributed by atoms with Crippen molar-refractivity contribution in [2.75, 3.05) is 49.5 Å². The summed E-state index contributed by atoms with van der Waals surface area (Å²) in [6.07, 6.45) is 1.79. The first-order valence-corrected chi connectivity index (χ1v) is 12.5. The van der Waals surface area contributed by atoms with Crippen LogP contribution in [-0.2, 0) is 14.8 Å². The molecule has 1 amide bonds. The fourth-order valence-electron chi connectivity index (χ4n) is 4.28. The van der Waals surface area contributed by atoms with E-state index in [1.807, 2.05) is 19.1 Å². The zero-order chi connectivity index (χ0) is 22.7. The molecule has 2 aromatic rings. The predicted octanol–water partition coefficient (Wildman–Crippen LogP) is 2.33. The van der Waals surface area contributed by atoms with Crippen LogP contribution in [0.4, 0.5) is 11.4 Å². The van der Waals surface area contributed by atoms with Crippen LogP contribution in [0.1, 0.15) is 19.8 Å². The Morgan fingerprint density at radius 2 is 1.56 bits per heavy atom. The van der Waals surface area contributed by atoms with E-state index < -0.39 is 10.0 Å². The van der Waals surface area contributed by atoms with Crippen molar-refractivity contribution in [2.24, 2.45) is 0 Å². The molecule has 2 aliphatic heterocycles. The van der Waals surface area contributed by atoms with Crippen LogP contribution < -0.4 is 10.2 Å². The van der Waals surface area contributed by atoms with Gasteiger partial charge in [0.1, 0.15) is 5.75 Å². The average Bonchev–Trinajstić information content (AvgIpc) is 3.35. The summed E-state index contributed by atoms with van der Waals surface area (Å²) in [5.74, 6) is 0.137. The number of benzene rings is 2. The van der Waals surface area contributed by atoms with Crippen LogP contribution in [0.2, 0.25) is 0 Å². The van der Waals surface area contributed by atoms with Gasteiger partial charge < -0.3 is 15.3 Å². The maximum absolute atomic E-state index is 12.8. The number of piperazine rings is 1. The molecule has 2 fully saturated rings. The van der Waals surface area contributed by atoms with Gasteiger partial charge in [0.15, 0.2) is 0 Å². The summed E-state index contributed by atoms with van der Waals surface area (Å²) in [6.45, 7) is 5.85. The molecule has 0 unspecified atom stereocenters. The smallest absolute Gasteiger partial charge is 0.243 e. The summed E-state index contributed by atoms with van der Waals surface area (Å²) in [5, 5.41) is 13.0. The molecule has 1 atom stereocenters. The predicted molar refractivity (Wildman–Crippen MR) is 124 cm³/mol. The van der Waals surface area contributed by atoms with Crippen molar-refractivity contribution in [2.45, 2.75) is 30.7 Å². The Balaban J connectivity index is 1.32. The molecule has 0 spiro atoms. The number of nitrogens with one attached hydrogen (secondary N) is 1. The number of phenols is 1. The first kappa shape index (κ1) is 22.6. The van der Waals surface area contributed by atoms with Gasteiger partial charge in [-0.2, -0.15) is 4.31 Å². The van der Waals surface area contributed by atoms with Crippen LogP contribution >= 0.6 is 0 Å². The highest BCUT2D eigenvalue weighted by molar-refractivity contribution is 7.89. The Bertz CT molecular complexity index is 1040. The normalized spacial score (nSPS) is 19.1. The van der Waals surface area contributed by atoms with Gasteiger partial charge in [0, 0.05) is 45.0 Å². The number of aromatic hydroxyl groups is 1. The largest absolute Gasteiger partial charge is 0.506 e. The monoisotopic (exact) mass is 458 g/mol. The number of para-hydroxylation sites is 2. The number of rotatable bonds is 6. The van der Waals surface area contributed by atoms with Gasteiger partial charge in [0.05, 0.1) is 16.6 Å². The van der Waals surface area contributed by atoms with Crippen molar-refractivity contribution in [3.8, 4) is 5.75 Å². The van der Waals surface area contributed by atoms with Gasteiger partial charge in [-0.25, -0.2) is 8.42 Å². The quantitative estimate of drug-likeness (QED) is 0.690. The van der Waals surface area contributed by atoms with Gasteiger partial charge in [-0.1, -0.05) is 12.1 Å². The van der Waals surface area contributed by atoms with E-state index in [9.17, 15) is 18.3 Å². The number of phenolic OH excluding ortho intramolecular Hbond substituents is 1. The van der Waals surface area contributed by atoms with Crippen molar-refractivity contribution < 1.29 is 18.3 Å². The van der Waals surface area contributed by atoms with Crippen molar-refractivity contribution >= 4 is 27.3 Å². The summed E-state index contributed by atoms with van der Waals surface area (Å²) in [4.78, 5) is 17.3. The van der Waals surface area contributed by atoms with Crippen LogP contribution in [0.15, 0.2) is 53.4 Å². The first-order chi connectivity index (χ1) is 15.4. The molecule has 172 valence electrons. The molecule has 2 aromatic carbocycles. The lowest BCUT2D eigenvalue weighted by Gasteiger charge is -2.38. The molecular formula is C23H30N4O4S. The van der Waals surface area contributed by atoms with Crippen molar-refractivity contribution in [1.82, 2.24) is 9.21 Å². The second-order valence-corrected chi connectivity index (χ2v) is 10.3. The maximum Gasteiger partial charge on any atom is 0.243 e. The van der Waals surface area contributed by atoms with E-state index in [1.165, 1.54) is 4.31 Å². The number of hydrogen-bond acceptors (Lipinski definition) is 6. The molecule has 2 N–H and O–H groups in total. The van der Waals surface area contributed by atoms with E-state index in [2.05, 4.69) is 15.1 Å². The Kier molecular flexibility index (Phi) is 6.68. The lowest BCUT2D eigenvalue weighted by Crippen LogP contribution is -2.52. The molecular weight excluding hydrogens is 428 g/mol. The molecule has 0 saturated carbocycles. The van der Waals surface area contributed by atoms with Crippen LogP contribution in [-0.4, -0.2) is 73.9 Å². The standard InChI is InChI=1S/C23H30N4O4S/c1-18(25-14-16-26(17-15-25)21-6-2-3-7-22(21)28)23(29)24-19-8-10-20(11-9-19)32(30,31)27-12-4-5-13-27/h2-3,6-11,18,28H,4-5,12-17H2,1H3,(H,24,29)/t18-/m1/s1. The highest BCUT2D eigenvalue weighted by Gasteiger charge is 2.28. The summed E-state index contributed by atoms with van der Waals surface area (Å²) < 4.78 is 26.8.